The molecule has 2 saturated heterocycles. The Morgan fingerprint density at radius 2 is 2.00 bits per heavy atom. The van der Waals surface area contributed by atoms with Crippen molar-refractivity contribution >= 4 is 17.9 Å². The molecule has 12 heteroatoms. The summed E-state index contributed by atoms with van der Waals surface area (Å²) < 4.78 is 17.3. The highest BCUT2D eigenvalue weighted by molar-refractivity contribution is 5.74. The lowest BCUT2D eigenvalue weighted by atomic mass is 9.88. The van der Waals surface area contributed by atoms with Gasteiger partial charge in [0.15, 0.2) is 0 Å². The van der Waals surface area contributed by atoms with Gasteiger partial charge in [-0.05, 0) is 12.8 Å². The van der Waals surface area contributed by atoms with E-state index in [0.29, 0.717) is 50.4 Å². The maximum absolute atomic E-state index is 12.5. The Morgan fingerprint density at radius 1 is 1.23 bits per heavy atom. The van der Waals surface area contributed by atoms with E-state index >= 15 is 0 Å². The first kappa shape index (κ1) is 23.5. The topological polar surface area (TPSA) is 141 Å². The van der Waals surface area contributed by atoms with Crippen molar-refractivity contribution < 1.29 is 19.0 Å². The highest BCUT2D eigenvalue weighted by Gasteiger charge is 2.36. The lowest BCUT2D eigenvalue weighted by Crippen LogP contribution is -2.53. The number of ether oxygens (including phenoxy) is 3. The predicted octanol–water partition coefficient (Wildman–Crippen LogP) is 1.08. The van der Waals surface area contributed by atoms with E-state index in [2.05, 4.69) is 25.2 Å². The van der Waals surface area contributed by atoms with Crippen LogP contribution >= 0.6 is 0 Å². The van der Waals surface area contributed by atoms with Gasteiger partial charge >= 0.3 is 6.03 Å². The van der Waals surface area contributed by atoms with Crippen LogP contribution in [0.1, 0.15) is 25.7 Å². The van der Waals surface area contributed by atoms with E-state index in [0.717, 1.165) is 37.9 Å². The van der Waals surface area contributed by atoms with Crippen LogP contribution in [-0.4, -0.2) is 95.6 Å². The maximum Gasteiger partial charge on any atom is 0.317 e. The quantitative estimate of drug-likeness (QED) is 0.586. The molecule has 0 unspecified atom stereocenters. The van der Waals surface area contributed by atoms with E-state index in [4.69, 9.17) is 24.9 Å². The summed E-state index contributed by atoms with van der Waals surface area (Å²) in [5.41, 5.74) is 7.04. The molecule has 1 atom stereocenters. The molecule has 0 radical (unpaired) electrons. The van der Waals surface area contributed by atoms with Crippen molar-refractivity contribution in [2.75, 3.05) is 57.1 Å². The van der Waals surface area contributed by atoms with Gasteiger partial charge in [-0.25, -0.2) is 19.7 Å². The highest BCUT2D eigenvalue weighted by Crippen LogP contribution is 2.31. The molecule has 2 amide bonds. The number of nitrogens with zero attached hydrogens (tertiary/aromatic N) is 6. The molecule has 188 valence electrons. The van der Waals surface area contributed by atoms with Gasteiger partial charge in [0.25, 0.3) is 0 Å². The van der Waals surface area contributed by atoms with Gasteiger partial charge in [0.1, 0.15) is 6.10 Å². The van der Waals surface area contributed by atoms with E-state index in [-0.39, 0.29) is 30.2 Å². The number of amides is 2. The minimum absolute atomic E-state index is 0.0311. The Hall–Kier alpha value is -3.25. The van der Waals surface area contributed by atoms with Crippen molar-refractivity contribution in [2.45, 2.75) is 43.9 Å². The van der Waals surface area contributed by atoms with Crippen LogP contribution in [0, 0.1) is 0 Å². The summed E-state index contributed by atoms with van der Waals surface area (Å²) >= 11 is 0. The van der Waals surface area contributed by atoms with Crippen molar-refractivity contribution in [3.05, 3.63) is 18.5 Å². The summed E-state index contributed by atoms with van der Waals surface area (Å²) in [4.78, 5) is 33.9. The van der Waals surface area contributed by atoms with Crippen LogP contribution in [0.25, 0.3) is 11.3 Å². The summed E-state index contributed by atoms with van der Waals surface area (Å²) in [6.45, 7) is 4.00. The molecule has 0 aromatic carbocycles. The predicted molar refractivity (Wildman–Crippen MR) is 128 cm³/mol. The van der Waals surface area contributed by atoms with Crippen LogP contribution in [0.3, 0.4) is 0 Å². The summed E-state index contributed by atoms with van der Waals surface area (Å²) in [7, 11) is 1.83. The normalized spacial score (nSPS) is 24.0. The van der Waals surface area contributed by atoms with Crippen molar-refractivity contribution in [3.8, 4) is 17.1 Å². The molecule has 1 saturated carbocycles. The molecule has 1 aliphatic carbocycles. The number of morpholine rings is 1. The van der Waals surface area contributed by atoms with Gasteiger partial charge in [-0.2, -0.15) is 4.98 Å². The molecule has 0 spiro atoms. The second-order valence-corrected chi connectivity index (χ2v) is 9.12. The number of hydrogen-bond acceptors (Lipinski definition) is 10. The lowest BCUT2D eigenvalue weighted by Gasteiger charge is -2.40. The summed E-state index contributed by atoms with van der Waals surface area (Å²) in [5.74, 6) is 1.28. The first-order valence-corrected chi connectivity index (χ1v) is 12.1. The third-order valence-corrected chi connectivity index (χ3v) is 6.68. The molecular formula is C23H32N8O4. The number of anilines is 2. The largest absolute Gasteiger partial charge is 0.474 e. The van der Waals surface area contributed by atoms with Crippen LogP contribution < -0.4 is 20.7 Å². The number of carbonyl (C=O) groups is 1. The number of aromatic nitrogens is 4. The monoisotopic (exact) mass is 484 g/mol. The molecular weight excluding hydrogens is 452 g/mol. The maximum atomic E-state index is 12.5. The van der Waals surface area contributed by atoms with E-state index in [9.17, 15) is 4.79 Å². The Morgan fingerprint density at radius 3 is 2.71 bits per heavy atom. The number of nitrogens with two attached hydrogens (primary N) is 1. The van der Waals surface area contributed by atoms with E-state index in [1.807, 2.05) is 7.05 Å². The van der Waals surface area contributed by atoms with Crippen molar-refractivity contribution in [1.82, 2.24) is 30.2 Å². The summed E-state index contributed by atoms with van der Waals surface area (Å²) in [6.07, 6.45) is 6.91. The van der Waals surface area contributed by atoms with Gasteiger partial charge in [-0.3, -0.25) is 0 Å². The van der Waals surface area contributed by atoms with Crippen molar-refractivity contribution in [1.29, 1.82) is 0 Å². The van der Waals surface area contributed by atoms with Crippen molar-refractivity contribution in [2.24, 2.45) is 0 Å². The standard InChI is InChI=1S/C23H32N8O4/c1-30(23(32)27-14-17-3-2-6-34-17)16-9-18(10-16)35-20-11-19(15-12-25-21(24)26-13-15)28-22(29-20)31-4-7-33-8-5-31/h11-13,16-18H,2-10,14H2,1H3,(H,27,32)(H2,24,25,26)/t16?,17-,18?/m0/s1. The Bertz CT molecular complexity index is 1010. The molecule has 4 heterocycles. The minimum Gasteiger partial charge on any atom is -0.474 e. The average molecular weight is 485 g/mol. The minimum atomic E-state index is -0.0776. The third kappa shape index (κ3) is 5.70. The molecule has 35 heavy (non-hydrogen) atoms. The average Bonchev–Trinajstić information content (AvgIpc) is 3.39. The number of rotatable bonds is 7. The molecule has 2 aromatic heterocycles. The zero-order valence-corrected chi connectivity index (χ0v) is 19.9. The zero-order chi connectivity index (χ0) is 24.2. The molecule has 3 fully saturated rings. The van der Waals surface area contributed by atoms with Crippen LogP contribution in [-0.2, 0) is 9.47 Å². The van der Waals surface area contributed by atoms with Crippen LogP contribution in [0.15, 0.2) is 18.5 Å². The van der Waals surface area contributed by atoms with Gasteiger partial charge in [-0.1, -0.05) is 0 Å². The van der Waals surface area contributed by atoms with Crippen LogP contribution in [0.4, 0.5) is 16.7 Å². The number of hydrogen-bond donors (Lipinski definition) is 2. The van der Waals surface area contributed by atoms with Gasteiger partial charge in [0, 0.05) is 76.2 Å². The summed E-state index contributed by atoms with van der Waals surface area (Å²) in [6, 6.07) is 1.84. The molecule has 2 aliphatic heterocycles. The number of nitrogen functional groups attached to an aromatic ring is 1. The number of carbonyl (C=O) groups excluding carboxylic acids is 1. The van der Waals surface area contributed by atoms with Gasteiger partial charge < -0.3 is 35.1 Å². The second kappa shape index (κ2) is 10.6. The zero-order valence-electron chi connectivity index (χ0n) is 19.9. The van der Waals surface area contributed by atoms with E-state index in [1.165, 1.54) is 0 Å². The SMILES string of the molecule is CN(C(=O)NC[C@@H]1CCCO1)C1CC(Oc2cc(-c3cnc(N)nc3)nc(N3CCOCC3)n2)C1. The van der Waals surface area contributed by atoms with E-state index in [1.54, 1.807) is 23.4 Å². The highest BCUT2D eigenvalue weighted by atomic mass is 16.5. The van der Waals surface area contributed by atoms with Gasteiger partial charge in [-0.15, -0.1) is 0 Å². The number of urea groups is 1. The fraction of sp³-hybridized carbons (Fsp3) is 0.609. The van der Waals surface area contributed by atoms with Crippen LogP contribution in [0.2, 0.25) is 0 Å². The lowest BCUT2D eigenvalue weighted by molar-refractivity contribution is 0.0393. The molecule has 5 rings (SSSR count). The van der Waals surface area contributed by atoms with Gasteiger partial charge in [0.05, 0.1) is 25.0 Å². The first-order valence-electron chi connectivity index (χ1n) is 12.1. The first-order chi connectivity index (χ1) is 17.0. The second-order valence-electron chi connectivity index (χ2n) is 9.12. The smallest absolute Gasteiger partial charge is 0.317 e. The Labute approximate surface area is 204 Å². The molecule has 0 bridgehead atoms. The molecule has 2 aromatic rings. The molecule has 12 nitrogen and oxygen atoms in total. The fourth-order valence-electron chi connectivity index (χ4n) is 4.41. The Kier molecular flexibility index (Phi) is 7.09. The number of nitrogens with one attached hydrogen (secondary N) is 1. The van der Waals surface area contributed by atoms with Gasteiger partial charge in [0.2, 0.25) is 17.8 Å². The summed E-state index contributed by atoms with van der Waals surface area (Å²) in [5, 5.41) is 2.98. The van der Waals surface area contributed by atoms with Crippen LogP contribution in [0.5, 0.6) is 5.88 Å². The molecule has 3 aliphatic rings. The Balaban J connectivity index is 1.22. The van der Waals surface area contributed by atoms with E-state index < -0.39 is 0 Å². The van der Waals surface area contributed by atoms with Crippen molar-refractivity contribution in [3.63, 3.8) is 0 Å². The fourth-order valence-corrected chi connectivity index (χ4v) is 4.41. The third-order valence-electron chi connectivity index (χ3n) is 6.68. The molecule has 3 N–H and O–H groups in total.